The average molecular weight is 545 g/mol. The van der Waals surface area contributed by atoms with Crippen molar-refractivity contribution in [1.29, 1.82) is 0 Å². The zero-order valence-corrected chi connectivity index (χ0v) is 22.8. The van der Waals surface area contributed by atoms with E-state index in [2.05, 4.69) is 17.2 Å². The number of nitrogens with one attached hydrogen (secondary N) is 1. The Hall–Kier alpha value is -3.69. The van der Waals surface area contributed by atoms with Gasteiger partial charge in [-0.05, 0) is 32.9 Å². The molecule has 0 unspecified atom stereocenters. The molecule has 0 spiro atoms. The van der Waals surface area contributed by atoms with E-state index >= 15 is 0 Å². The fourth-order valence-electron chi connectivity index (χ4n) is 3.01. The Kier molecular flexibility index (Phi) is 13.7. The van der Waals surface area contributed by atoms with Gasteiger partial charge in [0.15, 0.2) is 0 Å². The van der Waals surface area contributed by atoms with Crippen LogP contribution in [0.4, 0.5) is 16.2 Å². The summed E-state index contributed by atoms with van der Waals surface area (Å²) >= 11 is 0. The molecule has 0 radical (unpaired) electrons. The summed E-state index contributed by atoms with van der Waals surface area (Å²) in [4.78, 5) is 23.5. The third kappa shape index (κ3) is 13.1. The zero-order valence-electron chi connectivity index (χ0n) is 22.8. The second-order valence-electron chi connectivity index (χ2n) is 9.04. The molecule has 212 valence electrons. The van der Waals surface area contributed by atoms with Crippen LogP contribution in [-0.2, 0) is 23.7 Å². The predicted molar refractivity (Wildman–Crippen MR) is 145 cm³/mol. The van der Waals surface area contributed by atoms with E-state index in [1.54, 1.807) is 27.9 Å². The highest BCUT2D eigenvalue weighted by Crippen LogP contribution is 2.33. The lowest BCUT2D eigenvalue weighted by Gasteiger charge is -2.20. The first-order chi connectivity index (χ1) is 18.7. The molecule has 0 aliphatic heterocycles. The lowest BCUT2D eigenvalue weighted by molar-refractivity contribution is -0.384. The standard InChI is InChI=1S/C28H36N2O9/c1-28(2,3)39-27(31)29-24-21-26(38-19-18-37-17-16-36-15-14-35-13-12-34-4)23(20-25(24)30(32)33)11-10-22-8-6-5-7-9-22/h5-9,20-21H,12-19H2,1-4H3,(H,29,31). The largest absolute Gasteiger partial charge is 0.490 e. The maximum atomic E-state index is 12.3. The highest BCUT2D eigenvalue weighted by atomic mass is 16.6. The molecule has 0 saturated heterocycles. The summed E-state index contributed by atoms with van der Waals surface area (Å²) in [5.74, 6) is 6.16. The van der Waals surface area contributed by atoms with E-state index in [4.69, 9.17) is 28.4 Å². The molecular weight excluding hydrogens is 508 g/mol. The van der Waals surface area contributed by atoms with Gasteiger partial charge in [-0.3, -0.25) is 15.4 Å². The molecule has 2 aromatic carbocycles. The van der Waals surface area contributed by atoms with Crippen LogP contribution in [0.5, 0.6) is 5.75 Å². The quantitative estimate of drug-likeness (QED) is 0.150. The Labute approximate surface area is 228 Å². The number of nitro benzene ring substituents is 1. The Morgan fingerprint density at radius 2 is 1.49 bits per heavy atom. The van der Waals surface area contributed by atoms with Crippen LogP contribution in [0.15, 0.2) is 42.5 Å². The van der Waals surface area contributed by atoms with Gasteiger partial charge in [0.1, 0.15) is 23.6 Å². The number of anilines is 1. The van der Waals surface area contributed by atoms with Crippen molar-refractivity contribution in [2.75, 3.05) is 65.3 Å². The number of benzene rings is 2. The first kappa shape index (κ1) is 31.5. The van der Waals surface area contributed by atoms with E-state index in [-0.39, 0.29) is 35.9 Å². The van der Waals surface area contributed by atoms with Crippen molar-refractivity contribution in [1.82, 2.24) is 0 Å². The summed E-state index contributed by atoms with van der Waals surface area (Å²) in [5.41, 5.74) is -0.175. The van der Waals surface area contributed by atoms with Gasteiger partial charge in [0.05, 0.1) is 56.7 Å². The van der Waals surface area contributed by atoms with Crippen LogP contribution in [0, 0.1) is 22.0 Å². The molecule has 11 nitrogen and oxygen atoms in total. The molecule has 0 heterocycles. The molecule has 0 aromatic heterocycles. The predicted octanol–water partition coefficient (Wildman–Crippen LogP) is 4.42. The minimum absolute atomic E-state index is 0.0726. The van der Waals surface area contributed by atoms with Gasteiger partial charge in [-0.25, -0.2) is 4.79 Å². The zero-order chi connectivity index (χ0) is 28.5. The number of nitrogens with zero attached hydrogens (tertiary/aromatic N) is 1. The summed E-state index contributed by atoms with van der Waals surface area (Å²) in [6.45, 7) is 8.19. The topological polar surface area (TPSA) is 128 Å². The summed E-state index contributed by atoms with van der Waals surface area (Å²) in [6.07, 6.45) is -0.827. The highest BCUT2D eigenvalue weighted by Gasteiger charge is 2.23. The molecule has 1 N–H and O–H groups in total. The molecule has 0 aliphatic rings. The normalized spacial score (nSPS) is 10.9. The number of hydrogen-bond donors (Lipinski definition) is 1. The van der Waals surface area contributed by atoms with Crippen LogP contribution in [0.25, 0.3) is 0 Å². The van der Waals surface area contributed by atoms with Crippen LogP contribution in [-0.4, -0.2) is 76.6 Å². The Balaban J connectivity index is 2.05. The number of methoxy groups -OCH3 is 1. The minimum Gasteiger partial charge on any atom is -0.490 e. The van der Waals surface area contributed by atoms with E-state index in [9.17, 15) is 14.9 Å². The molecule has 2 aromatic rings. The fraction of sp³-hybridized carbons (Fsp3) is 0.464. The van der Waals surface area contributed by atoms with E-state index in [0.29, 0.717) is 39.6 Å². The Bertz CT molecular complexity index is 1110. The maximum absolute atomic E-state index is 12.3. The maximum Gasteiger partial charge on any atom is 0.412 e. The van der Waals surface area contributed by atoms with E-state index in [1.165, 1.54) is 12.1 Å². The molecule has 0 atom stereocenters. The van der Waals surface area contributed by atoms with Crippen LogP contribution in [0.1, 0.15) is 31.9 Å². The summed E-state index contributed by atoms with van der Waals surface area (Å²) in [6, 6.07) is 11.8. The molecule has 0 bridgehead atoms. The summed E-state index contributed by atoms with van der Waals surface area (Å²) < 4.78 is 32.3. The number of rotatable bonds is 15. The minimum atomic E-state index is -0.827. The van der Waals surface area contributed by atoms with Gasteiger partial charge in [-0.2, -0.15) is 0 Å². The van der Waals surface area contributed by atoms with Gasteiger partial charge >= 0.3 is 6.09 Å². The van der Waals surface area contributed by atoms with Gasteiger partial charge in [-0.1, -0.05) is 30.0 Å². The van der Waals surface area contributed by atoms with E-state index < -0.39 is 16.6 Å². The van der Waals surface area contributed by atoms with Crippen molar-refractivity contribution in [3.8, 4) is 17.6 Å². The van der Waals surface area contributed by atoms with Crippen LogP contribution in [0.2, 0.25) is 0 Å². The average Bonchev–Trinajstić information content (AvgIpc) is 2.88. The van der Waals surface area contributed by atoms with Crippen LogP contribution < -0.4 is 10.1 Å². The van der Waals surface area contributed by atoms with E-state index in [1.807, 2.05) is 30.3 Å². The summed E-state index contributed by atoms with van der Waals surface area (Å²) in [5, 5.41) is 14.2. The van der Waals surface area contributed by atoms with Crippen molar-refractivity contribution >= 4 is 17.5 Å². The molecule has 0 aliphatic carbocycles. The number of nitro groups is 1. The lowest BCUT2D eigenvalue weighted by atomic mass is 10.1. The number of carbonyl (C=O) groups is 1. The number of hydrogen-bond acceptors (Lipinski definition) is 9. The van der Waals surface area contributed by atoms with Gasteiger partial charge in [0, 0.05) is 24.8 Å². The van der Waals surface area contributed by atoms with E-state index in [0.717, 1.165) is 5.56 Å². The number of carbonyl (C=O) groups excluding carboxylic acids is 1. The SMILES string of the molecule is COCCOCCOCCOCCOc1cc(NC(=O)OC(C)(C)C)c([N+](=O)[O-])cc1C#Cc1ccccc1. The van der Waals surface area contributed by atoms with Crippen molar-refractivity contribution in [3.63, 3.8) is 0 Å². The van der Waals surface area contributed by atoms with Gasteiger partial charge in [0.25, 0.3) is 5.69 Å². The molecule has 0 saturated carbocycles. The molecule has 11 heteroatoms. The van der Waals surface area contributed by atoms with Crippen molar-refractivity contribution < 1.29 is 38.1 Å². The van der Waals surface area contributed by atoms with Gasteiger partial charge in [-0.15, -0.1) is 0 Å². The van der Waals surface area contributed by atoms with Crippen LogP contribution >= 0.6 is 0 Å². The highest BCUT2D eigenvalue weighted by molar-refractivity contribution is 5.89. The Morgan fingerprint density at radius 1 is 0.897 bits per heavy atom. The summed E-state index contributed by atoms with van der Waals surface area (Å²) in [7, 11) is 1.61. The molecule has 2 rings (SSSR count). The molecule has 39 heavy (non-hydrogen) atoms. The van der Waals surface area contributed by atoms with Crippen LogP contribution in [0.3, 0.4) is 0 Å². The fourth-order valence-corrected chi connectivity index (χ4v) is 3.01. The molecule has 0 fully saturated rings. The van der Waals surface area contributed by atoms with Crippen molar-refractivity contribution in [2.24, 2.45) is 0 Å². The third-order valence-electron chi connectivity index (χ3n) is 4.71. The smallest absolute Gasteiger partial charge is 0.412 e. The lowest BCUT2D eigenvalue weighted by Crippen LogP contribution is -2.27. The molecular formula is C28H36N2O9. The van der Waals surface area contributed by atoms with Crippen molar-refractivity contribution in [2.45, 2.75) is 26.4 Å². The second-order valence-corrected chi connectivity index (χ2v) is 9.04. The number of amides is 1. The van der Waals surface area contributed by atoms with Gasteiger partial charge in [0.2, 0.25) is 0 Å². The second kappa shape index (κ2) is 17.0. The van der Waals surface area contributed by atoms with Crippen molar-refractivity contribution in [3.05, 3.63) is 63.7 Å². The monoisotopic (exact) mass is 544 g/mol. The first-order valence-electron chi connectivity index (χ1n) is 12.4. The van der Waals surface area contributed by atoms with Gasteiger partial charge < -0.3 is 28.4 Å². The number of ether oxygens (including phenoxy) is 6. The third-order valence-corrected chi connectivity index (χ3v) is 4.71. The molecule has 1 amide bonds. The first-order valence-corrected chi connectivity index (χ1v) is 12.4. The Morgan fingerprint density at radius 3 is 2.05 bits per heavy atom.